The van der Waals surface area contributed by atoms with E-state index >= 15 is 0 Å². The minimum absolute atomic E-state index is 0.145. The molecule has 1 N–H and O–H groups in total. The van der Waals surface area contributed by atoms with Gasteiger partial charge in [0, 0.05) is 45.8 Å². The zero-order valence-corrected chi connectivity index (χ0v) is 14.7. The Morgan fingerprint density at radius 2 is 2.09 bits per heavy atom. The standard InChI is InChI=1S/C14H25N5O3S/c1-4-19(5-2)23(21,22)16-9-12-6-7-18(11-12)13-8-14(20)17(3)15-10-13/h8,10,12,16H,4-7,9,11H2,1-3H3. The molecule has 0 bridgehead atoms. The molecule has 1 saturated heterocycles. The summed E-state index contributed by atoms with van der Waals surface area (Å²) in [6.45, 7) is 6.49. The monoisotopic (exact) mass is 343 g/mol. The molecule has 0 saturated carbocycles. The predicted octanol–water partition coefficient (Wildman–Crippen LogP) is -0.217. The molecule has 0 spiro atoms. The first-order valence-corrected chi connectivity index (χ1v) is 9.34. The molecule has 130 valence electrons. The smallest absolute Gasteiger partial charge is 0.279 e. The van der Waals surface area contributed by atoms with Gasteiger partial charge in [0.1, 0.15) is 0 Å². The van der Waals surface area contributed by atoms with Crippen LogP contribution in [0.2, 0.25) is 0 Å². The first-order valence-electron chi connectivity index (χ1n) is 7.90. The van der Waals surface area contributed by atoms with Gasteiger partial charge in [-0.05, 0) is 12.3 Å². The highest BCUT2D eigenvalue weighted by Gasteiger charge is 2.26. The Labute approximate surface area is 137 Å². The van der Waals surface area contributed by atoms with E-state index in [0.29, 0.717) is 19.6 Å². The fraction of sp³-hybridized carbons (Fsp3) is 0.714. The second kappa shape index (κ2) is 7.41. The van der Waals surface area contributed by atoms with E-state index in [1.807, 2.05) is 13.8 Å². The molecule has 1 unspecified atom stereocenters. The van der Waals surface area contributed by atoms with Crippen molar-refractivity contribution in [3.05, 3.63) is 22.6 Å². The molecule has 1 aromatic rings. The maximum absolute atomic E-state index is 12.1. The third-order valence-corrected chi connectivity index (χ3v) is 5.93. The van der Waals surface area contributed by atoms with Crippen LogP contribution in [0.25, 0.3) is 0 Å². The van der Waals surface area contributed by atoms with Crippen LogP contribution in [0.4, 0.5) is 5.69 Å². The van der Waals surface area contributed by atoms with Crippen molar-refractivity contribution in [2.24, 2.45) is 13.0 Å². The average Bonchev–Trinajstić information content (AvgIpc) is 2.98. The summed E-state index contributed by atoms with van der Waals surface area (Å²) in [6, 6.07) is 1.56. The lowest BCUT2D eigenvalue weighted by molar-refractivity contribution is 0.428. The van der Waals surface area contributed by atoms with E-state index in [1.54, 1.807) is 19.3 Å². The average molecular weight is 343 g/mol. The summed E-state index contributed by atoms with van der Waals surface area (Å²) < 4.78 is 29.6. The largest absolute Gasteiger partial charge is 0.370 e. The number of anilines is 1. The van der Waals surface area contributed by atoms with Crippen molar-refractivity contribution in [3.63, 3.8) is 0 Å². The molecule has 8 nitrogen and oxygen atoms in total. The molecule has 1 fully saturated rings. The summed E-state index contributed by atoms with van der Waals surface area (Å²) in [5.74, 6) is 0.226. The maximum atomic E-state index is 12.1. The Morgan fingerprint density at radius 1 is 1.39 bits per heavy atom. The lowest BCUT2D eigenvalue weighted by Crippen LogP contribution is -2.42. The van der Waals surface area contributed by atoms with Gasteiger partial charge in [0.05, 0.1) is 11.9 Å². The Hall–Kier alpha value is -1.45. The van der Waals surface area contributed by atoms with Crippen LogP contribution in [-0.4, -0.2) is 55.2 Å². The molecular formula is C14H25N5O3S. The molecule has 1 atom stereocenters. The summed E-state index contributed by atoms with van der Waals surface area (Å²) in [6.07, 6.45) is 2.56. The van der Waals surface area contributed by atoms with Crippen LogP contribution in [0.1, 0.15) is 20.3 Å². The normalized spacial score (nSPS) is 18.8. The third-order valence-electron chi connectivity index (χ3n) is 4.20. The van der Waals surface area contributed by atoms with Crippen molar-refractivity contribution in [1.82, 2.24) is 18.8 Å². The van der Waals surface area contributed by atoms with Gasteiger partial charge in [-0.15, -0.1) is 0 Å². The van der Waals surface area contributed by atoms with Gasteiger partial charge in [0.25, 0.3) is 15.8 Å². The first-order chi connectivity index (χ1) is 10.9. The van der Waals surface area contributed by atoms with Gasteiger partial charge in [-0.3, -0.25) is 4.79 Å². The number of rotatable bonds is 7. The van der Waals surface area contributed by atoms with Gasteiger partial charge in [-0.2, -0.15) is 17.8 Å². The van der Waals surface area contributed by atoms with Crippen molar-refractivity contribution in [2.75, 3.05) is 37.6 Å². The van der Waals surface area contributed by atoms with Gasteiger partial charge in [0.15, 0.2) is 0 Å². The molecule has 0 aromatic carbocycles. The molecule has 0 amide bonds. The topological polar surface area (TPSA) is 87.5 Å². The lowest BCUT2D eigenvalue weighted by atomic mass is 10.1. The number of nitrogens with zero attached hydrogens (tertiary/aromatic N) is 4. The van der Waals surface area contributed by atoms with E-state index in [1.165, 1.54) is 8.99 Å². The fourth-order valence-corrected chi connectivity index (χ4v) is 4.05. The molecule has 9 heteroatoms. The van der Waals surface area contributed by atoms with Crippen molar-refractivity contribution in [1.29, 1.82) is 0 Å². The van der Waals surface area contributed by atoms with E-state index in [0.717, 1.165) is 25.2 Å². The van der Waals surface area contributed by atoms with Crippen LogP contribution < -0.4 is 15.2 Å². The second-order valence-electron chi connectivity index (χ2n) is 5.71. The quantitative estimate of drug-likeness (QED) is 0.740. The highest BCUT2D eigenvalue weighted by atomic mass is 32.2. The van der Waals surface area contributed by atoms with Crippen molar-refractivity contribution < 1.29 is 8.42 Å². The molecule has 2 heterocycles. The van der Waals surface area contributed by atoms with Crippen LogP contribution in [-0.2, 0) is 17.3 Å². The number of aryl methyl sites for hydroxylation is 1. The number of aromatic nitrogens is 2. The minimum atomic E-state index is -3.41. The Morgan fingerprint density at radius 3 is 2.70 bits per heavy atom. The fourth-order valence-electron chi connectivity index (χ4n) is 2.74. The molecule has 23 heavy (non-hydrogen) atoms. The molecule has 1 aliphatic rings. The predicted molar refractivity (Wildman–Crippen MR) is 89.6 cm³/mol. The van der Waals surface area contributed by atoms with Crippen LogP contribution in [0.3, 0.4) is 0 Å². The summed E-state index contributed by atoms with van der Waals surface area (Å²) in [5, 5.41) is 4.02. The molecule has 1 aromatic heterocycles. The van der Waals surface area contributed by atoms with E-state index < -0.39 is 10.2 Å². The van der Waals surface area contributed by atoms with Gasteiger partial charge >= 0.3 is 0 Å². The molecule has 0 radical (unpaired) electrons. The van der Waals surface area contributed by atoms with Gasteiger partial charge in [0.2, 0.25) is 0 Å². The lowest BCUT2D eigenvalue weighted by Gasteiger charge is -2.21. The molecule has 0 aliphatic carbocycles. The Balaban J connectivity index is 1.93. The van der Waals surface area contributed by atoms with E-state index in [9.17, 15) is 13.2 Å². The Kier molecular flexibility index (Phi) is 5.77. The number of nitrogens with one attached hydrogen (secondary N) is 1. The summed E-state index contributed by atoms with van der Waals surface area (Å²) in [4.78, 5) is 13.7. The molecule has 2 rings (SSSR count). The molecular weight excluding hydrogens is 318 g/mol. The van der Waals surface area contributed by atoms with Crippen molar-refractivity contribution >= 4 is 15.9 Å². The van der Waals surface area contributed by atoms with Crippen LogP contribution >= 0.6 is 0 Å². The van der Waals surface area contributed by atoms with E-state index in [-0.39, 0.29) is 11.5 Å². The van der Waals surface area contributed by atoms with E-state index in [4.69, 9.17) is 0 Å². The van der Waals surface area contributed by atoms with Crippen LogP contribution in [0, 0.1) is 5.92 Å². The first kappa shape index (κ1) is 17.9. The van der Waals surface area contributed by atoms with Gasteiger partial charge in [-0.1, -0.05) is 13.8 Å². The summed E-state index contributed by atoms with van der Waals surface area (Å²) >= 11 is 0. The zero-order chi connectivity index (χ0) is 17.0. The zero-order valence-electron chi connectivity index (χ0n) is 13.9. The number of hydrogen-bond acceptors (Lipinski definition) is 5. The van der Waals surface area contributed by atoms with Crippen LogP contribution in [0.15, 0.2) is 17.1 Å². The summed E-state index contributed by atoms with van der Waals surface area (Å²) in [7, 11) is -1.79. The van der Waals surface area contributed by atoms with Gasteiger partial charge in [-0.25, -0.2) is 9.40 Å². The van der Waals surface area contributed by atoms with Crippen LogP contribution in [0.5, 0.6) is 0 Å². The highest BCUT2D eigenvalue weighted by molar-refractivity contribution is 7.87. The third kappa shape index (κ3) is 4.30. The van der Waals surface area contributed by atoms with Gasteiger partial charge < -0.3 is 4.90 Å². The van der Waals surface area contributed by atoms with Crippen molar-refractivity contribution in [2.45, 2.75) is 20.3 Å². The minimum Gasteiger partial charge on any atom is -0.370 e. The maximum Gasteiger partial charge on any atom is 0.279 e. The Bertz CT molecular complexity index is 684. The summed E-state index contributed by atoms with van der Waals surface area (Å²) in [5.41, 5.74) is 0.649. The van der Waals surface area contributed by atoms with E-state index in [2.05, 4.69) is 14.7 Å². The SMILES string of the molecule is CCN(CC)S(=O)(=O)NCC1CCN(c2cnn(C)c(=O)c2)C1. The second-order valence-corrected chi connectivity index (χ2v) is 7.47. The highest BCUT2D eigenvalue weighted by Crippen LogP contribution is 2.21. The van der Waals surface area contributed by atoms with Crippen molar-refractivity contribution in [3.8, 4) is 0 Å². The number of hydrogen-bond donors (Lipinski definition) is 1. The molecule has 1 aliphatic heterocycles.